The summed E-state index contributed by atoms with van der Waals surface area (Å²) in [5.41, 5.74) is 8.40. The van der Waals surface area contributed by atoms with Crippen molar-refractivity contribution >= 4 is 26.9 Å². The first-order valence-electron chi connectivity index (χ1n) is 20.8. The van der Waals surface area contributed by atoms with Crippen LogP contribution < -0.4 is 14.4 Å². The summed E-state index contributed by atoms with van der Waals surface area (Å²) >= 11 is 0. The second-order valence-corrected chi connectivity index (χ2v) is 17.3. The van der Waals surface area contributed by atoms with E-state index in [1.165, 1.54) is 16.7 Å². The van der Waals surface area contributed by atoms with Gasteiger partial charge in [-0.3, -0.25) is 0 Å². The fourth-order valence-electron chi connectivity index (χ4n) is 8.38. The lowest BCUT2D eigenvalue weighted by Crippen LogP contribution is -2.37. The third-order valence-corrected chi connectivity index (χ3v) is 13.5. The van der Waals surface area contributed by atoms with Gasteiger partial charge in [-0.15, -0.1) is 0 Å². The van der Waals surface area contributed by atoms with Gasteiger partial charge >= 0.3 is 0 Å². The molecule has 298 valence electrons. The van der Waals surface area contributed by atoms with Gasteiger partial charge in [-0.05, 0) is 139 Å². The summed E-state index contributed by atoms with van der Waals surface area (Å²) in [5.74, 6) is 2.15. The fourth-order valence-corrected chi connectivity index (χ4v) is 9.64. The first kappa shape index (κ1) is 39.7. The maximum atomic E-state index is 13.9. The SMILES string of the molecule is CCC(C)c1ccc(OCCCCCCOc2ccc(S(=O)(=O)c3ccc(N4c5ccccc5C(c5ccccc5)(c5ccccc5)c5ccccc54)cc3)cc2)cc1. The lowest BCUT2D eigenvalue weighted by molar-refractivity contribution is 0.287. The number of hydrogen-bond donors (Lipinski definition) is 0. The van der Waals surface area contributed by atoms with E-state index in [0.29, 0.717) is 24.9 Å². The van der Waals surface area contributed by atoms with E-state index in [4.69, 9.17) is 9.47 Å². The topological polar surface area (TPSA) is 55.8 Å². The summed E-state index contributed by atoms with van der Waals surface area (Å²) < 4.78 is 39.7. The minimum Gasteiger partial charge on any atom is -0.494 e. The van der Waals surface area contributed by atoms with Gasteiger partial charge in [0.2, 0.25) is 9.84 Å². The van der Waals surface area contributed by atoms with Crippen molar-refractivity contribution in [3.05, 3.63) is 210 Å². The summed E-state index contributed by atoms with van der Waals surface area (Å²) in [6, 6.07) is 60.9. The Labute approximate surface area is 349 Å². The van der Waals surface area contributed by atoms with Crippen LogP contribution in [0.15, 0.2) is 192 Å². The molecule has 0 spiro atoms. The zero-order valence-corrected chi connectivity index (χ0v) is 34.7. The largest absolute Gasteiger partial charge is 0.494 e. The van der Waals surface area contributed by atoms with Gasteiger partial charge in [0.05, 0.1) is 39.8 Å². The lowest BCUT2D eigenvalue weighted by atomic mass is 9.62. The molecule has 59 heavy (non-hydrogen) atoms. The normalized spacial score (nSPS) is 13.6. The molecule has 0 saturated carbocycles. The van der Waals surface area contributed by atoms with E-state index >= 15 is 0 Å². The summed E-state index contributed by atoms with van der Waals surface area (Å²) in [6.07, 6.45) is 5.13. The van der Waals surface area contributed by atoms with Crippen LogP contribution in [0.25, 0.3) is 0 Å². The molecule has 5 nitrogen and oxygen atoms in total. The molecule has 7 aromatic rings. The van der Waals surface area contributed by atoms with Gasteiger partial charge in [0.25, 0.3) is 0 Å². The van der Waals surface area contributed by atoms with E-state index < -0.39 is 15.3 Å². The zero-order chi connectivity index (χ0) is 40.7. The molecule has 8 rings (SSSR count). The standard InChI is InChI=1S/C53H51NO4S/c1-3-40(2)41-26-30-45(31-27-41)57-38-16-4-5-17-39-58-46-32-36-48(37-33-46)59(55,56)47-34-28-44(29-35-47)54-51-24-14-12-22-49(51)53(42-18-8-6-9-19-42,43-20-10-7-11-21-43)50-23-13-15-25-52(50)54/h6-15,18-37,40H,3-5,16-17,38-39H2,1-2H3. The van der Waals surface area contributed by atoms with E-state index in [9.17, 15) is 8.42 Å². The van der Waals surface area contributed by atoms with E-state index in [1.807, 2.05) is 12.1 Å². The monoisotopic (exact) mass is 797 g/mol. The van der Waals surface area contributed by atoms with Crippen molar-refractivity contribution in [2.45, 2.75) is 67.1 Å². The van der Waals surface area contributed by atoms with Gasteiger partial charge in [0.1, 0.15) is 11.5 Å². The smallest absolute Gasteiger partial charge is 0.206 e. The predicted molar refractivity (Wildman–Crippen MR) is 239 cm³/mol. The number of anilines is 3. The third-order valence-electron chi connectivity index (χ3n) is 11.7. The van der Waals surface area contributed by atoms with Crippen LogP contribution in [0.2, 0.25) is 0 Å². The summed E-state index contributed by atoms with van der Waals surface area (Å²) in [7, 11) is -3.77. The van der Waals surface area contributed by atoms with Crippen LogP contribution in [-0.2, 0) is 15.3 Å². The molecular formula is C53H51NO4S. The van der Waals surface area contributed by atoms with E-state index in [2.05, 4.69) is 152 Å². The maximum Gasteiger partial charge on any atom is 0.206 e. The summed E-state index contributed by atoms with van der Waals surface area (Å²) in [6.45, 7) is 5.73. The quantitative estimate of drug-likeness (QED) is 0.0912. The molecule has 6 heteroatoms. The first-order chi connectivity index (χ1) is 28.9. The van der Waals surface area contributed by atoms with Crippen molar-refractivity contribution in [3.63, 3.8) is 0 Å². The Balaban J connectivity index is 0.931. The fraction of sp³-hybridized carbons (Fsp3) is 0.208. The molecule has 0 aliphatic carbocycles. The molecule has 1 aliphatic rings. The average Bonchev–Trinajstić information content (AvgIpc) is 3.30. The molecular weight excluding hydrogens is 747 g/mol. The number of benzene rings is 7. The van der Waals surface area contributed by atoms with Crippen LogP contribution in [0.1, 0.15) is 79.7 Å². The Morgan fingerprint density at radius 2 is 0.932 bits per heavy atom. The number of unbranched alkanes of at least 4 members (excludes halogenated alkanes) is 3. The van der Waals surface area contributed by atoms with Gasteiger partial charge in [0, 0.05) is 5.69 Å². The Hall–Kier alpha value is -6.11. The second-order valence-electron chi connectivity index (χ2n) is 15.3. The van der Waals surface area contributed by atoms with Crippen molar-refractivity contribution in [2.24, 2.45) is 0 Å². The van der Waals surface area contributed by atoms with Crippen LogP contribution in [-0.4, -0.2) is 21.6 Å². The first-order valence-corrected chi connectivity index (χ1v) is 22.3. The van der Waals surface area contributed by atoms with E-state index in [-0.39, 0.29) is 9.79 Å². The second kappa shape index (κ2) is 17.8. The molecule has 1 atom stereocenters. The van der Waals surface area contributed by atoms with E-state index in [1.54, 1.807) is 36.4 Å². The Bertz CT molecular complexity index is 2470. The van der Waals surface area contributed by atoms with Crippen LogP contribution in [0.4, 0.5) is 17.1 Å². The molecule has 0 radical (unpaired) electrons. The third kappa shape index (κ3) is 8.02. The van der Waals surface area contributed by atoms with Crippen molar-refractivity contribution in [1.82, 2.24) is 0 Å². The number of rotatable bonds is 16. The highest BCUT2D eigenvalue weighted by atomic mass is 32.2. The summed E-state index contributed by atoms with van der Waals surface area (Å²) in [4.78, 5) is 2.72. The molecule has 0 fully saturated rings. The molecule has 1 aliphatic heterocycles. The van der Waals surface area contributed by atoms with Crippen molar-refractivity contribution in [1.29, 1.82) is 0 Å². The molecule has 0 aromatic heterocycles. The van der Waals surface area contributed by atoms with Gasteiger partial charge in [0.15, 0.2) is 0 Å². The Morgan fingerprint density at radius 1 is 0.508 bits per heavy atom. The maximum absolute atomic E-state index is 13.9. The van der Waals surface area contributed by atoms with Crippen LogP contribution in [0.5, 0.6) is 11.5 Å². The number of para-hydroxylation sites is 2. The van der Waals surface area contributed by atoms with E-state index in [0.717, 1.165) is 66.0 Å². The highest BCUT2D eigenvalue weighted by Crippen LogP contribution is 2.57. The zero-order valence-electron chi connectivity index (χ0n) is 33.8. The number of ether oxygens (including phenoxy) is 2. The van der Waals surface area contributed by atoms with Crippen molar-refractivity contribution in [2.75, 3.05) is 18.1 Å². The molecule has 1 heterocycles. The van der Waals surface area contributed by atoms with Crippen LogP contribution in [0, 0.1) is 0 Å². The number of hydrogen-bond acceptors (Lipinski definition) is 5. The van der Waals surface area contributed by atoms with Gasteiger partial charge in [-0.1, -0.05) is 123 Å². The minimum atomic E-state index is -3.77. The average molecular weight is 798 g/mol. The highest BCUT2D eigenvalue weighted by molar-refractivity contribution is 7.91. The molecule has 7 aromatic carbocycles. The van der Waals surface area contributed by atoms with Crippen LogP contribution in [0.3, 0.4) is 0 Å². The molecule has 0 N–H and O–H groups in total. The number of nitrogens with zero attached hydrogens (tertiary/aromatic N) is 1. The number of fused-ring (bicyclic) bond motifs is 2. The molecule has 0 bridgehead atoms. The number of sulfone groups is 1. The Kier molecular flexibility index (Phi) is 12.0. The minimum absolute atomic E-state index is 0.233. The predicted octanol–water partition coefficient (Wildman–Crippen LogP) is 13.2. The molecule has 0 amide bonds. The highest BCUT2D eigenvalue weighted by Gasteiger charge is 2.46. The van der Waals surface area contributed by atoms with Crippen LogP contribution >= 0.6 is 0 Å². The van der Waals surface area contributed by atoms with Crippen molar-refractivity contribution < 1.29 is 17.9 Å². The Morgan fingerprint density at radius 3 is 1.41 bits per heavy atom. The van der Waals surface area contributed by atoms with Gasteiger partial charge in [-0.2, -0.15) is 0 Å². The molecule has 1 unspecified atom stereocenters. The summed E-state index contributed by atoms with van der Waals surface area (Å²) in [5, 5.41) is 0. The molecule has 0 saturated heterocycles. The van der Waals surface area contributed by atoms with Crippen molar-refractivity contribution in [3.8, 4) is 11.5 Å². The van der Waals surface area contributed by atoms with Gasteiger partial charge < -0.3 is 14.4 Å². The van der Waals surface area contributed by atoms with Gasteiger partial charge in [-0.25, -0.2) is 8.42 Å². The lowest BCUT2D eigenvalue weighted by Gasteiger charge is -2.46.